The van der Waals surface area contributed by atoms with Crippen molar-refractivity contribution in [3.8, 4) is 0 Å². The first-order valence-electron chi connectivity index (χ1n) is 10.8. The minimum atomic E-state index is -3.72. The number of nitrogens with zero attached hydrogens (tertiary/aromatic N) is 1. The van der Waals surface area contributed by atoms with E-state index in [9.17, 15) is 18.0 Å². The van der Waals surface area contributed by atoms with Crippen LogP contribution >= 0.6 is 0 Å². The van der Waals surface area contributed by atoms with Crippen LogP contribution in [0.5, 0.6) is 0 Å². The Hall–Kier alpha value is -2.97. The molecule has 170 valence electrons. The van der Waals surface area contributed by atoms with E-state index < -0.39 is 21.5 Å². The third-order valence-electron chi connectivity index (χ3n) is 5.46. The number of fused-ring (bicyclic) bond motifs is 1. The summed E-state index contributed by atoms with van der Waals surface area (Å²) < 4.78 is 27.8. The summed E-state index contributed by atoms with van der Waals surface area (Å²) in [7, 11) is -3.72. The van der Waals surface area contributed by atoms with Crippen LogP contribution in [0.25, 0.3) is 10.9 Å². The van der Waals surface area contributed by atoms with E-state index in [0.29, 0.717) is 24.0 Å². The van der Waals surface area contributed by atoms with Gasteiger partial charge in [-0.2, -0.15) is 4.31 Å². The van der Waals surface area contributed by atoms with Crippen LogP contribution in [0.4, 0.5) is 0 Å². The van der Waals surface area contributed by atoms with Crippen molar-refractivity contribution in [3.63, 3.8) is 0 Å². The molecule has 0 aliphatic heterocycles. The lowest BCUT2D eigenvalue weighted by molar-refractivity contribution is 0.0941. The van der Waals surface area contributed by atoms with Gasteiger partial charge >= 0.3 is 0 Å². The maximum Gasteiger partial charge on any atom is 0.252 e. The summed E-state index contributed by atoms with van der Waals surface area (Å²) in [5, 5.41) is 3.28. The Labute approximate surface area is 188 Å². The third-order valence-corrected chi connectivity index (χ3v) is 7.43. The number of carbonyl (C=O) groups is 1. The van der Waals surface area contributed by atoms with Crippen molar-refractivity contribution in [3.05, 3.63) is 76.1 Å². The first-order valence-corrected chi connectivity index (χ1v) is 12.2. The largest absolute Gasteiger partial charge is 0.345 e. The number of benzene rings is 2. The number of hydrogen-bond acceptors (Lipinski definition) is 4. The van der Waals surface area contributed by atoms with Crippen molar-refractivity contribution in [2.45, 2.75) is 44.6 Å². The lowest BCUT2D eigenvalue weighted by Crippen LogP contribution is -2.32. The average molecular weight is 456 g/mol. The summed E-state index contributed by atoms with van der Waals surface area (Å²) >= 11 is 0. The number of hydrogen-bond donors (Lipinski definition) is 2. The summed E-state index contributed by atoms with van der Waals surface area (Å²) in [6.45, 7) is 6.45. The Morgan fingerprint density at radius 1 is 1.09 bits per heavy atom. The molecule has 7 nitrogen and oxygen atoms in total. The molecule has 2 N–H and O–H groups in total. The highest BCUT2D eigenvalue weighted by Gasteiger charge is 2.24. The number of sulfonamides is 1. The van der Waals surface area contributed by atoms with Crippen molar-refractivity contribution < 1.29 is 13.2 Å². The maximum atomic E-state index is 13.2. The monoisotopic (exact) mass is 455 g/mol. The van der Waals surface area contributed by atoms with Gasteiger partial charge in [0.15, 0.2) is 0 Å². The van der Waals surface area contributed by atoms with Crippen molar-refractivity contribution in [2.75, 3.05) is 13.1 Å². The normalized spacial score (nSPS) is 12.8. The summed E-state index contributed by atoms with van der Waals surface area (Å²) in [6.07, 6.45) is 1.65. The van der Waals surface area contributed by atoms with E-state index in [2.05, 4.69) is 10.3 Å². The van der Waals surface area contributed by atoms with Crippen molar-refractivity contribution in [2.24, 2.45) is 0 Å². The van der Waals surface area contributed by atoms with Crippen molar-refractivity contribution in [1.82, 2.24) is 14.6 Å². The molecule has 3 rings (SSSR count). The highest BCUT2D eigenvalue weighted by atomic mass is 32.2. The zero-order chi connectivity index (χ0) is 23.3. The van der Waals surface area contributed by atoms with E-state index in [1.54, 1.807) is 6.92 Å². The van der Waals surface area contributed by atoms with Gasteiger partial charge in [0.05, 0.1) is 16.5 Å². The molecule has 0 bridgehead atoms. The van der Waals surface area contributed by atoms with Crippen molar-refractivity contribution in [1.29, 1.82) is 0 Å². The number of H-pyrrole nitrogens is 1. The molecule has 1 amide bonds. The van der Waals surface area contributed by atoms with Gasteiger partial charge in [0.25, 0.3) is 5.91 Å². The van der Waals surface area contributed by atoms with E-state index in [0.717, 1.165) is 18.4 Å². The van der Waals surface area contributed by atoms with Crippen molar-refractivity contribution >= 4 is 26.8 Å². The number of aromatic amines is 1. The standard InChI is InChI=1S/C24H29N3O4S/c1-4-6-14-27(5-2)32(30,31)19-12-13-22-20(15-19)21(16-23(28)26-22)24(29)25-17(3)18-10-8-7-9-11-18/h7-13,15-17H,4-6,14H2,1-3H3,(H,25,29)(H,26,28). The minimum Gasteiger partial charge on any atom is -0.345 e. The third kappa shape index (κ3) is 5.08. The fourth-order valence-corrected chi connectivity index (χ4v) is 5.13. The number of amides is 1. The molecular weight excluding hydrogens is 426 g/mol. The van der Waals surface area contributed by atoms with E-state index in [4.69, 9.17) is 0 Å². The number of pyridine rings is 1. The molecule has 0 spiro atoms. The zero-order valence-electron chi connectivity index (χ0n) is 18.6. The lowest BCUT2D eigenvalue weighted by atomic mass is 10.1. The van der Waals surface area contributed by atoms with E-state index in [-0.39, 0.29) is 16.5 Å². The topological polar surface area (TPSA) is 99.3 Å². The Morgan fingerprint density at radius 2 is 1.81 bits per heavy atom. The minimum absolute atomic E-state index is 0.0974. The molecular formula is C24H29N3O4S. The summed E-state index contributed by atoms with van der Waals surface area (Å²) in [5.41, 5.74) is 1.04. The molecule has 0 aliphatic carbocycles. The fourth-order valence-electron chi connectivity index (χ4n) is 3.61. The fraction of sp³-hybridized carbons (Fsp3) is 0.333. The quantitative estimate of drug-likeness (QED) is 0.512. The molecule has 0 fully saturated rings. The van der Waals surface area contributed by atoms with E-state index >= 15 is 0 Å². The molecule has 0 aliphatic rings. The van der Waals surface area contributed by atoms with E-state index in [1.165, 1.54) is 28.6 Å². The second-order valence-electron chi connectivity index (χ2n) is 7.71. The summed E-state index contributed by atoms with van der Waals surface area (Å²) in [6, 6.07) is 14.9. The number of rotatable bonds is 9. The molecule has 8 heteroatoms. The van der Waals surface area contributed by atoms with Gasteiger partial charge in [0.2, 0.25) is 15.6 Å². The molecule has 0 saturated heterocycles. The molecule has 32 heavy (non-hydrogen) atoms. The maximum absolute atomic E-state index is 13.2. The van der Waals surface area contributed by atoms with Crippen LogP contribution < -0.4 is 10.9 Å². The average Bonchev–Trinajstić information content (AvgIpc) is 2.79. The van der Waals surface area contributed by atoms with Crippen LogP contribution in [0.2, 0.25) is 0 Å². The van der Waals surface area contributed by atoms with Gasteiger partial charge in [0, 0.05) is 30.1 Å². The Morgan fingerprint density at radius 3 is 2.47 bits per heavy atom. The molecule has 2 aromatic carbocycles. The highest BCUT2D eigenvalue weighted by molar-refractivity contribution is 7.89. The lowest BCUT2D eigenvalue weighted by Gasteiger charge is -2.21. The highest BCUT2D eigenvalue weighted by Crippen LogP contribution is 2.24. The smallest absolute Gasteiger partial charge is 0.252 e. The van der Waals surface area contributed by atoms with Crippen LogP contribution in [-0.2, 0) is 10.0 Å². The first kappa shape index (κ1) is 23.7. The van der Waals surface area contributed by atoms with Crippen LogP contribution in [0, 0.1) is 0 Å². The Balaban J connectivity index is 2.02. The second-order valence-corrected chi connectivity index (χ2v) is 9.65. The van der Waals surface area contributed by atoms with Crippen LogP contribution in [0.1, 0.15) is 55.6 Å². The van der Waals surface area contributed by atoms with Gasteiger partial charge in [0.1, 0.15) is 0 Å². The Kier molecular flexibility index (Phi) is 7.48. The van der Waals surface area contributed by atoms with E-state index in [1.807, 2.05) is 44.2 Å². The van der Waals surface area contributed by atoms with Crippen LogP contribution in [-0.4, -0.2) is 36.7 Å². The molecule has 1 unspecified atom stereocenters. The molecule has 3 aromatic rings. The van der Waals surface area contributed by atoms with Crippen LogP contribution in [0.3, 0.4) is 0 Å². The zero-order valence-corrected chi connectivity index (χ0v) is 19.4. The van der Waals surface area contributed by atoms with Gasteiger partial charge in [-0.25, -0.2) is 8.42 Å². The Bertz CT molecular complexity index is 1250. The number of aromatic nitrogens is 1. The molecule has 1 atom stereocenters. The van der Waals surface area contributed by atoms with Gasteiger partial charge in [-0.05, 0) is 37.1 Å². The SMILES string of the molecule is CCCCN(CC)S(=O)(=O)c1ccc2[nH]c(=O)cc(C(=O)NC(C)c3ccccc3)c2c1. The van der Waals surface area contributed by atoms with Gasteiger partial charge in [-0.1, -0.05) is 50.6 Å². The molecule has 0 saturated carbocycles. The van der Waals surface area contributed by atoms with Gasteiger partial charge < -0.3 is 10.3 Å². The summed E-state index contributed by atoms with van der Waals surface area (Å²) in [5.74, 6) is -0.440. The molecule has 1 heterocycles. The summed E-state index contributed by atoms with van der Waals surface area (Å²) in [4.78, 5) is 28.0. The van der Waals surface area contributed by atoms with Crippen LogP contribution in [0.15, 0.2) is 64.3 Å². The number of nitrogens with one attached hydrogen (secondary N) is 2. The molecule has 1 aromatic heterocycles. The van der Waals surface area contributed by atoms with Gasteiger partial charge in [-0.3, -0.25) is 9.59 Å². The predicted molar refractivity (Wildman–Crippen MR) is 126 cm³/mol. The number of unbranched alkanes of at least 4 members (excludes halogenated alkanes) is 1. The van der Waals surface area contributed by atoms with Gasteiger partial charge in [-0.15, -0.1) is 0 Å². The predicted octanol–water partition coefficient (Wildman–Crippen LogP) is 3.83. The number of carbonyl (C=O) groups excluding carboxylic acids is 1. The molecule has 0 radical (unpaired) electrons. The first-order chi connectivity index (χ1) is 15.3. The second kappa shape index (κ2) is 10.1.